The van der Waals surface area contributed by atoms with Gasteiger partial charge in [0.2, 0.25) is 0 Å². The lowest BCUT2D eigenvalue weighted by Gasteiger charge is -2.08. The maximum Gasteiger partial charge on any atom is 0.124 e. The van der Waals surface area contributed by atoms with Crippen LogP contribution in [0.1, 0.15) is 5.56 Å². The molecule has 0 saturated carbocycles. The molecule has 4 heteroatoms. The number of phenolic OH excluding ortho intramolecular Hbond substituents is 3. The zero-order valence-electron chi connectivity index (χ0n) is 9.09. The molecular formula is C13H13NO3. The first-order valence-corrected chi connectivity index (χ1v) is 5.19. The summed E-state index contributed by atoms with van der Waals surface area (Å²) in [6.07, 6.45) is 0. The molecule has 2 rings (SSSR count). The standard InChI is InChI=1S/C13H13NO3/c15-11-5-2-10(3-6-11)14-8-9-1-4-12(16)7-13(9)17/h1-7,14-17H,8H2. The Balaban J connectivity index is 2.04. The molecule has 0 atom stereocenters. The second-order valence-electron chi connectivity index (χ2n) is 3.71. The van der Waals surface area contributed by atoms with Gasteiger partial charge < -0.3 is 20.6 Å². The van der Waals surface area contributed by atoms with Crippen LogP contribution in [0.3, 0.4) is 0 Å². The van der Waals surface area contributed by atoms with Gasteiger partial charge in [0.05, 0.1) is 0 Å². The molecule has 0 aliphatic carbocycles. The largest absolute Gasteiger partial charge is 0.508 e. The van der Waals surface area contributed by atoms with Crippen molar-refractivity contribution in [2.75, 3.05) is 5.32 Å². The Bertz CT molecular complexity index is 509. The molecule has 88 valence electrons. The van der Waals surface area contributed by atoms with E-state index in [9.17, 15) is 5.11 Å². The second-order valence-corrected chi connectivity index (χ2v) is 3.71. The molecule has 0 spiro atoms. The highest BCUT2D eigenvalue weighted by Gasteiger charge is 2.02. The van der Waals surface area contributed by atoms with Crippen LogP contribution in [0.15, 0.2) is 42.5 Å². The summed E-state index contributed by atoms with van der Waals surface area (Å²) >= 11 is 0. The molecule has 17 heavy (non-hydrogen) atoms. The minimum atomic E-state index is 0.0379. The minimum absolute atomic E-state index is 0.0379. The first-order valence-electron chi connectivity index (χ1n) is 5.19. The van der Waals surface area contributed by atoms with Gasteiger partial charge in [-0.2, -0.15) is 0 Å². The Kier molecular flexibility index (Phi) is 3.05. The number of nitrogens with one attached hydrogen (secondary N) is 1. The van der Waals surface area contributed by atoms with E-state index < -0.39 is 0 Å². The molecule has 0 fully saturated rings. The summed E-state index contributed by atoms with van der Waals surface area (Å²) in [5, 5.41) is 30.9. The molecule has 0 bridgehead atoms. The van der Waals surface area contributed by atoms with Gasteiger partial charge in [0, 0.05) is 23.9 Å². The van der Waals surface area contributed by atoms with Crippen molar-refractivity contribution in [2.24, 2.45) is 0 Å². The van der Waals surface area contributed by atoms with E-state index in [4.69, 9.17) is 10.2 Å². The van der Waals surface area contributed by atoms with Crippen LogP contribution < -0.4 is 5.32 Å². The van der Waals surface area contributed by atoms with Crippen molar-refractivity contribution in [1.82, 2.24) is 0 Å². The fraction of sp³-hybridized carbons (Fsp3) is 0.0769. The quantitative estimate of drug-likeness (QED) is 0.612. The van der Waals surface area contributed by atoms with Crippen molar-refractivity contribution >= 4 is 5.69 Å². The number of aromatic hydroxyl groups is 3. The van der Waals surface area contributed by atoms with Gasteiger partial charge in [0.15, 0.2) is 0 Å². The molecule has 0 heterocycles. The topological polar surface area (TPSA) is 72.7 Å². The fourth-order valence-corrected chi connectivity index (χ4v) is 1.48. The Morgan fingerprint density at radius 3 is 2.12 bits per heavy atom. The SMILES string of the molecule is Oc1ccc(NCc2ccc(O)cc2O)cc1. The number of hydrogen-bond acceptors (Lipinski definition) is 4. The van der Waals surface area contributed by atoms with Gasteiger partial charge in [-0.15, -0.1) is 0 Å². The first-order chi connectivity index (χ1) is 8.15. The normalized spacial score (nSPS) is 10.1. The molecule has 2 aromatic carbocycles. The first kappa shape index (κ1) is 11.1. The van der Waals surface area contributed by atoms with Crippen molar-refractivity contribution in [1.29, 1.82) is 0 Å². The van der Waals surface area contributed by atoms with E-state index in [0.717, 1.165) is 5.69 Å². The summed E-state index contributed by atoms with van der Waals surface area (Å²) in [6.45, 7) is 0.441. The number of benzene rings is 2. The van der Waals surface area contributed by atoms with E-state index >= 15 is 0 Å². The third kappa shape index (κ3) is 2.81. The van der Waals surface area contributed by atoms with Crippen molar-refractivity contribution in [2.45, 2.75) is 6.54 Å². The van der Waals surface area contributed by atoms with Gasteiger partial charge in [-0.3, -0.25) is 0 Å². The van der Waals surface area contributed by atoms with E-state index in [-0.39, 0.29) is 17.2 Å². The third-order valence-electron chi connectivity index (χ3n) is 2.42. The average Bonchev–Trinajstić information content (AvgIpc) is 2.30. The highest BCUT2D eigenvalue weighted by molar-refractivity contribution is 5.48. The number of hydrogen-bond donors (Lipinski definition) is 4. The minimum Gasteiger partial charge on any atom is -0.508 e. The van der Waals surface area contributed by atoms with Gasteiger partial charge in [-0.1, -0.05) is 0 Å². The van der Waals surface area contributed by atoms with Gasteiger partial charge in [-0.25, -0.2) is 0 Å². The molecule has 0 saturated heterocycles. The van der Waals surface area contributed by atoms with Crippen molar-refractivity contribution in [3.8, 4) is 17.2 Å². The van der Waals surface area contributed by atoms with Crippen LogP contribution in [-0.4, -0.2) is 15.3 Å². The van der Waals surface area contributed by atoms with Crippen LogP contribution >= 0.6 is 0 Å². The van der Waals surface area contributed by atoms with Gasteiger partial charge >= 0.3 is 0 Å². The molecule has 0 amide bonds. The molecule has 0 aliphatic rings. The van der Waals surface area contributed by atoms with Crippen LogP contribution in [0.25, 0.3) is 0 Å². The highest BCUT2D eigenvalue weighted by atomic mass is 16.3. The maximum absolute atomic E-state index is 9.57. The summed E-state index contributed by atoms with van der Waals surface area (Å²) in [4.78, 5) is 0. The van der Waals surface area contributed by atoms with Gasteiger partial charge in [0.25, 0.3) is 0 Å². The van der Waals surface area contributed by atoms with Gasteiger partial charge in [-0.05, 0) is 36.4 Å². The lowest BCUT2D eigenvalue weighted by molar-refractivity contribution is 0.446. The van der Waals surface area contributed by atoms with Crippen molar-refractivity contribution in [3.63, 3.8) is 0 Å². The van der Waals surface area contributed by atoms with Crippen molar-refractivity contribution in [3.05, 3.63) is 48.0 Å². The lowest BCUT2D eigenvalue weighted by atomic mass is 10.2. The second kappa shape index (κ2) is 4.65. The highest BCUT2D eigenvalue weighted by Crippen LogP contribution is 2.23. The molecule has 0 aliphatic heterocycles. The van der Waals surface area contributed by atoms with E-state index in [0.29, 0.717) is 12.1 Å². The summed E-state index contributed by atoms with van der Waals surface area (Å²) in [7, 11) is 0. The molecule has 0 radical (unpaired) electrons. The molecule has 4 nitrogen and oxygen atoms in total. The molecule has 2 aromatic rings. The summed E-state index contributed by atoms with van der Waals surface area (Å²) in [6, 6.07) is 11.1. The van der Waals surface area contributed by atoms with Gasteiger partial charge in [0.1, 0.15) is 17.2 Å². The zero-order valence-corrected chi connectivity index (χ0v) is 9.09. The molecular weight excluding hydrogens is 218 g/mol. The smallest absolute Gasteiger partial charge is 0.124 e. The molecule has 4 N–H and O–H groups in total. The van der Waals surface area contributed by atoms with E-state index in [1.807, 2.05) is 0 Å². The number of rotatable bonds is 3. The van der Waals surface area contributed by atoms with Crippen LogP contribution in [0.5, 0.6) is 17.2 Å². The lowest BCUT2D eigenvalue weighted by Crippen LogP contribution is -1.99. The summed E-state index contributed by atoms with van der Waals surface area (Å²) < 4.78 is 0. The summed E-state index contributed by atoms with van der Waals surface area (Å²) in [5.41, 5.74) is 1.53. The number of phenols is 3. The predicted octanol–water partition coefficient (Wildman–Crippen LogP) is 2.42. The fourth-order valence-electron chi connectivity index (χ4n) is 1.48. The zero-order chi connectivity index (χ0) is 12.3. The van der Waals surface area contributed by atoms with E-state index in [1.54, 1.807) is 30.3 Å². The van der Waals surface area contributed by atoms with Crippen molar-refractivity contribution < 1.29 is 15.3 Å². The summed E-state index contributed by atoms with van der Waals surface area (Å²) in [5.74, 6) is 0.301. The van der Waals surface area contributed by atoms with Crippen LogP contribution in [0.4, 0.5) is 5.69 Å². The Morgan fingerprint density at radius 1 is 0.824 bits per heavy atom. The predicted molar refractivity (Wildman–Crippen MR) is 65.2 cm³/mol. The maximum atomic E-state index is 9.57. The number of anilines is 1. The Labute approximate surface area is 98.8 Å². The monoisotopic (exact) mass is 231 g/mol. The Hall–Kier alpha value is -2.36. The molecule has 0 aromatic heterocycles. The Morgan fingerprint density at radius 2 is 1.47 bits per heavy atom. The molecule has 0 unspecified atom stereocenters. The van der Waals surface area contributed by atoms with E-state index in [1.165, 1.54) is 12.1 Å². The van der Waals surface area contributed by atoms with E-state index in [2.05, 4.69) is 5.32 Å². The van der Waals surface area contributed by atoms with Crippen LogP contribution in [0, 0.1) is 0 Å². The third-order valence-corrected chi connectivity index (χ3v) is 2.42. The van der Waals surface area contributed by atoms with Crippen LogP contribution in [-0.2, 0) is 6.54 Å². The average molecular weight is 231 g/mol. The van der Waals surface area contributed by atoms with Crippen LogP contribution in [0.2, 0.25) is 0 Å².